The van der Waals surface area contributed by atoms with Crippen molar-refractivity contribution in [1.82, 2.24) is 4.31 Å². The van der Waals surface area contributed by atoms with Gasteiger partial charge in [-0.1, -0.05) is 6.92 Å². The van der Waals surface area contributed by atoms with E-state index in [-0.39, 0.29) is 23.1 Å². The zero-order valence-corrected chi connectivity index (χ0v) is 14.4. The first-order valence-corrected chi connectivity index (χ1v) is 9.56. The third-order valence-corrected chi connectivity index (χ3v) is 6.16. The van der Waals surface area contributed by atoms with Crippen molar-refractivity contribution in [2.45, 2.75) is 26.2 Å². The Labute approximate surface area is 141 Å². The van der Waals surface area contributed by atoms with Gasteiger partial charge in [-0.3, -0.25) is 4.79 Å². The van der Waals surface area contributed by atoms with Crippen molar-refractivity contribution >= 4 is 27.6 Å². The molecule has 132 valence electrons. The van der Waals surface area contributed by atoms with Crippen LogP contribution in [0.2, 0.25) is 0 Å². The Morgan fingerprint density at radius 2 is 1.79 bits per heavy atom. The first-order chi connectivity index (χ1) is 11.3. The van der Waals surface area contributed by atoms with Crippen molar-refractivity contribution in [3.8, 4) is 0 Å². The van der Waals surface area contributed by atoms with Crippen molar-refractivity contribution in [2.75, 3.05) is 24.2 Å². The van der Waals surface area contributed by atoms with Gasteiger partial charge in [0.25, 0.3) is 0 Å². The fraction of sp³-hybridized carbons (Fsp3) is 0.500. The SMILES string of the molecule is CCCS(=O)(=O)N1CCC(C(=O)Nc2ccc(C(=O)O)cc2)CC1. The van der Waals surface area contributed by atoms with Crippen molar-refractivity contribution in [3.05, 3.63) is 29.8 Å². The van der Waals surface area contributed by atoms with Gasteiger partial charge in [-0.05, 0) is 43.5 Å². The normalized spacial score (nSPS) is 16.7. The van der Waals surface area contributed by atoms with Crippen LogP contribution >= 0.6 is 0 Å². The standard InChI is InChI=1S/C16H22N2O5S/c1-2-11-24(22,23)18-9-7-12(8-10-18)15(19)17-14-5-3-13(4-6-14)16(20)21/h3-6,12H,2,7-11H2,1H3,(H,17,19)(H,20,21). The molecule has 0 aromatic heterocycles. The average Bonchev–Trinajstić information content (AvgIpc) is 2.55. The number of aromatic carboxylic acids is 1. The molecule has 0 unspecified atom stereocenters. The fourth-order valence-corrected chi connectivity index (χ4v) is 4.26. The number of sulfonamides is 1. The van der Waals surface area contributed by atoms with Crippen molar-refractivity contribution in [2.24, 2.45) is 5.92 Å². The van der Waals surface area contributed by atoms with Crippen LogP contribution in [-0.2, 0) is 14.8 Å². The smallest absolute Gasteiger partial charge is 0.335 e. The summed E-state index contributed by atoms with van der Waals surface area (Å²) >= 11 is 0. The summed E-state index contributed by atoms with van der Waals surface area (Å²) < 4.78 is 25.5. The Hall–Kier alpha value is -1.93. The zero-order valence-electron chi connectivity index (χ0n) is 13.6. The van der Waals surface area contributed by atoms with Crippen LogP contribution in [0.25, 0.3) is 0 Å². The molecule has 1 heterocycles. The van der Waals surface area contributed by atoms with E-state index < -0.39 is 16.0 Å². The van der Waals surface area contributed by atoms with Crippen LogP contribution in [0.4, 0.5) is 5.69 Å². The van der Waals surface area contributed by atoms with Crippen LogP contribution in [0.1, 0.15) is 36.5 Å². The van der Waals surface area contributed by atoms with Gasteiger partial charge in [-0.25, -0.2) is 17.5 Å². The van der Waals surface area contributed by atoms with Crippen LogP contribution in [-0.4, -0.2) is 48.5 Å². The van der Waals surface area contributed by atoms with E-state index in [4.69, 9.17) is 5.11 Å². The second kappa shape index (κ2) is 7.76. The van der Waals surface area contributed by atoms with Crippen molar-refractivity contribution in [1.29, 1.82) is 0 Å². The number of carboxylic acids is 1. The van der Waals surface area contributed by atoms with Gasteiger partial charge in [-0.15, -0.1) is 0 Å². The van der Waals surface area contributed by atoms with Gasteiger partial charge < -0.3 is 10.4 Å². The van der Waals surface area contributed by atoms with Gasteiger partial charge in [0.1, 0.15) is 0 Å². The molecule has 8 heteroatoms. The quantitative estimate of drug-likeness (QED) is 0.810. The summed E-state index contributed by atoms with van der Waals surface area (Å²) in [6.45, 7) is 2.55. The molecule has 0 saturated carbocycles. The number of nitrogens with zero attached hydrogens (tertiary/aromatic N) is 1. The number of carbonyl (C=O) groups is 2. The Kier molecular flexibility index (Phi) is 5.95. The van der Waals surface area contributed by atoms with Gasteiger partial charge in [-0.2, -0.15) is 0 Å². The first kappa shape index (κ1) is 18.4. The predicted octanol–water partition coefficient (Wildman–Crippen LogP) is 1.78. The van der Waals surface area contributed by atoms with E-state index in [1.807, 2.05) is 6.92 Å². The monoisotopic (exact) mass is 354 g/mol. The van der Waals surface area contributed by atoms with Gasteiger partial charge in [0.15, 0.2) is 0 Å². The Morgan fingerprint density at radius 1 is 1.21 bits per heavy atom. The minimum absolute atomic E-state index is 0.139. The lowest BCUT2D eigenvalue weighted by Gasteiger charge is -2.30. The van der Waals surface area contributed by atoms with Crippen molar-refractivity contribution < 1.29 is 23.1 Å². The number of amides is 1. The second-order valence-corrected chi connectivity index (χ2v) is 7.95. The van der Waals surface area contributed by atoms with Crippen LogP contribution in [0.15, 0.2) is 24.3 Å². The summed E-state index contributed by atoms with van der Waals surface area (Å²) in [4.78, 5) is 23.1. The first-order valence-electron chi connectivity index (χ1n) is 7.95. The lowest BCUT2D eigenvalue weighted by molar-refractivity contribution is -0.120. The minimum atomic E-state index is -3.21. The number of carboxylic acid groups (broad SMARTS) is 1. The molecule has 0 spiro atoms. The molecule has 0 radical (unpaired) electrons. The molecule has 2 rings (SSSR count). The molecule has 0 atom stereocenters. The van der Waals surface area contributed by atoms with E-state index in [0.717, 1.165) is 0 Å². The minimum Gasteiger partial charge on any atom is -0.478 e. The Morgan fingerprint density at radius 3 is 2.29 bits per heavy atom. The van der Waals surface area contributed by atoms with E-state index in [1.54, 1.807) is 12.1 Å². The summed E-state index contributed by atoms with van der Waals surface area (Å²) in [6.07, 6.45) is 1.55. The number of benzene rings is 1. The van der Waals surface area contributed by atoms with E-state index in [9.17, 15) is 18.0 Å². The summed E-state index contributed by atoms with van der Waals surface area (Å²) in [6, 6.07) is 5.94. The summed E-state index contributed by atoms with van der Waals surface area (Å²) in [5, 5.41) is 11.6. The number of hydrogen-bond donors (Lipinski definition) is 2. The molecule has 1 aromatic carbocycles. The van der Waals surface area contributed by atoms with E-state index >= 15 is 0 Å². The van der Waals surface area contributed by atoms with Crippen LogP contribution < -0.4 is 5.32 Å². The predicted molar refractivity (Wildman–Crippen MR) is 90.4 cm³/mol. The number of rotatable bonds is 6. The fourth-order valence-electron chi connectivity index (χ4n) is 2.72. The maximum atomic E-state index is 12.3. The van der Waals surface area contributed by atoms with Crippen molar-refractivity contribution in [3.63, 3.8) is 0 Å². The molecule has 1 amide bonds. The lowest BCUT2D eigenvalue weighted by Crippen LogP contribution is -2.42. The number of hydrogen-bond acceptors (Lipinski definition) is 4. The molecule has 1 fully saturated rings. The molecule has 1 aromatic rings. The highest BCUT2D eigenvalue weighted by atomic mass is 32.2. The van der Waals surface area contributed by atoms with Crippen LogP contribution in [0.5, 0.6) is 0 Å². The Balaban J connectivity index is 1.90. The Bertz CT molecular complexity index is 692. The number of nitrogens with one attached hydrogen (secondary N) is 1. The molecule has 1 aliphatic heterocycles. The van der Waals surface area contributed by atoms with Gasteiger partial charge >= 0.3 is 5.97 Å². The average molecular weight is 354 g/mol. The van der Waals surface area contributed by atoms with E-state index in [0.29, 0.717) is 38.0 Å². The molecular weight excluding hydrogens is 332 g/mol. The molecule has 24 heavy (non-hydrogen) atoms. The molecule has 7 nitrogen and oxygen atoms in total. The second-order valence-electron chi connectivity index (χ2n) is 5.86. The molecule has 2 N–H and O–H groups in total. The van der Waals surface area contributed by atoms with Gasteiger partial charge in [0.2, 0.25) is 15.9 Å². The van der Waals surface area contributed by atoms with Gasteiger partial charge in [0.05, 0.1) is 11.3 Å². The summed E-state index contributed by atoms with van der Waals surface area (Å²) in [7, 11) is -3.21. The lowest BCUT2D eigenvalue weighted by atomic mass is 9.97. The van der Waals surface area contributed by atoms with Crippen LogP contribution in [0.3, 0.4) is 0 Å². The molecule has 0 aliphatic carbocycles. The maximum Gasteiger partial charge on any atom is 0.335 e. The third-order valence-electron chi connectivity index (χ3n) is 4.08. The highest BCUT2D eigenvalue weighted by Gasteiger charge is 2.30. The highest BCUT2D eigenvalue weighted by molar-refractivity contribution is 7.89. The molecule has 1 aliphatic rings. The number of anilines is 1. The largest absolute Gasteiger partial charge is 0.478 e. The van der Waals surface area contributed by atoms with Crippen LogP contribution in [0, 0.1) is 5.92 Å². The van der Waals surface area contributed by atoms with E-state index in [1.165, 1.54) is 16.4 Å². The topological polar surface area (TPSA) is 104 Å². The van der Waals surface area contributed by atoms with E-state index in [2.05, 4.69) is 5.32 Å². The highest BCUT2D eigenvalue weighted by Crippen LogP contribution is 2.22. The maximum absolute atomic E-state index is 12.3. The molecule has 1 saturated heterocycles. The zero-order chi connectivity index (χ0) is 17.7. The molecular formula is C16H22N2O5S. The van der Waals surface area contributed by atoms with Gasteiger partial charge in [0, 0.05) is 24.7 Å². The molecule has 0 bridgehead atoms. The summed E-state index contributed by atoms with van der Waals surface area (Å²) in [5.74, 6) is -1.28. The number of carbonyl (C=O) groups excluding carboxylic acids is 1. The number of piperidine rings is 1. The summed E-state index contributed by atoms with van der Waals surface area (Å²) in [5.41, 5.74) is 0.688. The third kappa shape index (κ3) is 4.55.